The molecule has 3 N–H and O–H groups in total. The van der Waals surface area contributed by atoms with Crippen LogP contribution in [-0.2, 0) is 12.8 Å². The van der Waals surface area contributed by atoms with E-state index in [1.54, 1.807) is 0 Å². The quantitative estimate of drug-likeness (QED) is 0.380. The molecule has 0 aliphatic heterocycles. The third kappa shape index (κ3) is 2.05. The topological polar surface area (TPSA) is 76.4 Å². The van der Waals surface area contributed by atoms with E-state index in [4.69, 9.17) is 10.9 Å². The van der Waals surface area contributed by atoms with E-state index < -0.39 is 0 Å². The molecule has 0 radical (unpaired) electrons. The molecule has 0 saturated heterocycles. The van der Waals surface area contributed by atoms with Crippen molar-refractivity contribution in [3.63, 3.8) is 0 Å². The van der Waals surface area contributed by atoms with Crippen LogP contribution in [0.15, 0.2) is 29.7 Å². The maximum Gasteiger partial charge on any atom is 0.172 e. The van der Waals surface area contributed by atoms with Gasteiger partial charge in [0.1, 0.15) is 0 Å². The fourth-order valence-electron chi connectivity index (χ4n) is 2.79. The van der Waals surface area contributed by atoms with Crippen molar-refractivity contribution in [3.8, 4) is 5.69 Å². The molecule has 0 unspecified atom stereocenters. The number of imidazole rings is 1. The third-order valence-electron chi connectivity index (χ3n) is 3.83. The van der Waals surface area contributed by atoms with Gasteiger partial charge in [-0.25, -0.2) is 4.98 Å². The number of aromatic nitrogens is 2. The first-order valence-corrected chi connectivity index (χ1v) is 6.84. The molecule has 0 atom stereocenters. The van der Waals surface area contributed by atoms with Crippen molar-refractivity contribution in [2.24, 2.45) is 10.9 Å². The molecular formula is C15H18N4O. The zero-order chi connectivity index (χ0) is 14.1. The largest absolute Gasteiger partial charge is 0.409 e. The maximum absolute atomic E-state index is 8.96. The molecule has 0 amide bonds. The van der Waals surface area contributed by atoms with Gasteiger partial charge in [-0.2, -0.15) is 0 Å². The summed E-state index contributed by atoms with van der Waals surface area (Å²) in [6.45, 7) is 2.03. The molecule has 0 saturated carbocycles. The predicted octanol–water partition coefficient (Wildman–Crippen LogP) is 2.15. The molecule has 2 aromatic rings. The van der Waals surface area contributed by atoms with Gasteiger partial charge in [0.2, 0.25) is 0 Å². The highest BCUT2D eigenvalue weighted by molar-refractivity contribution is 6.00. The third-order valence-corrected chi connectivity index (χ3v) is 3.83. The van der Waals surface area contributed by atoms with Crippen LogP contribution in [0.4, 0.5) is 0 Å². The summed E-state index contributed by atoms with van der Waals surface area (Å²) < 4.78 is 2.08. The number of fused-ring (bicyclic) bond motifs is 1. The lowest BCUT2D eigenvalue weighted by molar-refractivity contribution is 0.318. The van der Waals surface area contributed by atoms with Crippen LogP contribution in [0.5, 0.6) is 0 Å². The Bertz CT molecular complexity index is 673. The smallest absolute Gasteiger partial charge is 0.172 e. The Balaban J connectivity index is 2.19. The van der Waals surface area contributed by atoms with Gasteiger partial charge in [-0.15, -0.1) is 0 Å². The van der Waals surface area contributed by atoms with Crippen molar-refractivity contribution in [2.45, 2.75) is 32.6 Å². The van der Waals surface area contributed by atoms with Gasteiger partial charge in [-0.05, 0) is 50.3 Å². The van der Waals surface area contributed by atoms with E-state index in [2.05, 4.69) is 14.7 Å². The second kappa shape index (κ2) is 5.00. The Hall–Kier alpha value is -2.30. The first-order valence-electron chi connectivity index (χ1n) is 6.84. The highest BCUT2D eigenvalue weighted by Crippen LogP contribution is 2.25. The van der Waals surface area contributed by atoms with Crippen LogP contribution >= 0.6 is 0 Å². The number of rotatable bonds is 2. The van der Waals surface area contributed by atoms with Gasteiger partial charge in [0.05, 0.1) is 17.7 Å². The minimum absolute atomic E-state index is 0.123. The van der Waals surface area contributed by atoms with Crippen LogP contribution in [0, 0.1) is 6.92 Å². The Morgan fingerprint density at radius 3 is 2.95 bits per heavy atom. The summed E-state index contributed by atoms with van der Waals surface area (Å²) >= 11 is 0. The van der Waals surface area contributed by atoms with Crippen molar-refractivity contribution >= 4 is 5.84 Å². The summed E-state index contributed by atoms with van der Waals surface area (Å²) in [6.07, 6.45) is 6.29. The van der Waals surface area contributed by atoms with E-state index in [9.17, 15) is 0 Å². The summed E-state index contributed by atoms with van der Waals surface area (Å²) in [6, 6.07) is 5.89. The SMILES string of the molecule is Cc1ccc(/C(N)=N/O)c(-n2cnc3c2CCCC3)c1. The van der Waals surface area contributed by atoms with Crippen molar-refractivity contribution in [1.82, 2.24) is 9.55 Å². The van der Waals surface area contributed by atoms with E-state index in [0.717, 1.165) is 29.7 Å². The number of nitrogens with two attached hydrogens (primary N) is 1. The number of oxime groups is 1. The van der Waals surface area contributed by atoms with Gasteiger partial charge in [0, 0.05) is 11.3 Å². The molecule has 0 spiro atoms. The molecule has 5 heteroatoms. The average molecular weight is 270 g/mol. The molecular weight excluding hydrogens is 252 g/mol. The number of nitrogens with zero attached hydrogens (tertiary/aromatic N) is 3. The molecule has 1 aliphatic rings. The Morgan fingerprint density at radius 2 is 2.15 bits per heavy atom. The van der Waals surface area contributed by atoms with E-state index in [1.807, 2.05) is 31.5 Å². The van der Waals surface area contributed by atoms with Crippen LogP contribution < -0.4 is 5.73 Å². The number of aryl methyl sites for hydroxylation is 2. The Kier molecular flexibility index (Phi) is 3.18. The van der Waals surface area contributed by atoms with Crippen molar-refractivity contribution < 1.29 is 5.21 Å². The zero-order valence-corrected chi connectivity index (χ0v) is 11.5. The molecule has 0 fully saturated rings. The van der Waals surface area contributed by atoms with E-state index in [1.165, 1.54) is 24.2 Å². The molecule has 5 nitrogen and oxygen atoms in total. The van der Waals surface area contributed by atoms with Crippen molar-refractivity contribution in [3.05, 3.63) is 47.0 Å². The van der Waals surface area contributed by atoms with E-state index >= 15 is 0 Å². The predicted molar refractivity (Wildman–Crippen MR) is 77.5 cm³/mol. The maximum atomic E-state index is 8.96. The van der Waals surface area contributed by atoms with Gasteiger partial charge in [-0.3, -0.25) is 0 Å². The monoisotopic (exact) mass is 270 g/mol. The minimum Gasteiger partial charge on any atom is -0.409 e. The van der Waals surface area contributed by atoms with E-state index in [-0.39, 0.29) is 5.84 Å². The van der Waals surface area contributed by atoms with Crippen LogP contribution in [0.25, 0.3) is 5.69 Å². The molecule has 3 rings (SSSR count). The lowest BCUT2D eigenvalue weighted by Crippen LogP contribution is -2.17. The van der Waals surface area contributed by atoms with Crippen LogP contribution in [-0.4, -0.2) is 20.6 Å². The molecule has 0 bridgehead atoms. The van der Waals surface area contributed by atoms with Crippen molar-refractivity contribution in [2.75, 3.05) is 0 Å². The fraction of sp³-hybridized carbons (Fsp3) is 0.333. The normalized spacial score (nSPS) is 15.2. The number of hydrogen-bond donors (Lipinski definition) is 2. The van der Waals surface area contributed by atoms with Gasteiger partial charge in [-0.1, -0.05) is 11.2 Å². The first-order chi connectivity index (χ1) is 9.70. The van der Waals surface area contributed by atoms with E-state index in [0.29, 0.717) is 0 Å². The lowest BCUT2D eigenvalue weighted by atomic mass is 10.0. The molecule has 20 heavy (non-hydrogen) atoms. The second-order valence-corrected chi connectivity index (χ2v) is 5.22. The molecule has 1 heterocycles. The highest BCUT2D eigenvalue weighted by Gasteiger charge is 2.18. The number of benzene rings is 1. The number of hydrogen-bond acceptors (Lipinski definition) is 3. The molecule has 1 aromatic heterocycles. The Morgan fingerprint density at radius 1 is 1.35 bits per heavy atom. The van der Waals surface area contributed by atoms with Crippen LogP contribution in [0.3, 0.4) is 0 Å². The molecule has 1 aromatic carbocycles. The van der Waals surface area contributed by atoms with Crippen LogP contribution in [0.2, 0.25) is 0 Å². The van der Waals surface area contributed by atoms with Gasteiger partial charge in [0.25, 0.3) is 0 Å². The standard InChI is InChI=1S/C15H18N4O/c1-10-6-7-11(15(16)18-20)14(8-10)19-9-17-12-4-2-3-5-13(12)19/h6-9,20H,2-5H2,1H3,(H2,16,18). The van der Waals surface area contributed by atoms with Gasteiger partial charge < -0.3 is 15.5 Å². The summed E-state index contributed by atoms with van der Waals surface area (Å²) in [5.41, 5.74) is 11.0. The molecule has 104 valence electrons. The van der Waals surface area contributed by atoms with Gasteiger partial charge in [0.15, 0.2) is 5.84 Å². The minimum atomic E-state index is 0.123. The summed E-state index contributed by atoms with van der Waals surface area (Å²) in [4.78, 5) is 4.51. The summed E-state index contributed by atoms with van der Waals surface area (Å²) in [5.74, 6) is 0.123. The molecule has 1 aliphatic carbocycles. The Labute approximate surface area is 117 Å². The fourth-order valence-corrected chi connectivity index (χ4v) is 2.79. The highest BCUT2D eigenvalue weighted by atomic mass is 16.4. The second-order valence-electron chi connectivity index (χ2n) is 5.22. The summed E-state index contributed by atoms with van der Waals surface area (Å²) in [5, 5.41) is 12.1. The van der Waals surface area contributed by atoms with Gasteiger partial charge >= 0.3 is 0 Å². The van der Waals surface area contributed by atoms with Crippen molar-refractivity contribution in [1.29, 1.82) is 0 Å². The van der Waals surface area contributed by atoms with Crippen LogP contribution in [0.1, 0.15) is 35.4 Å². The zero-order valence-electron chi connectivity index (χ0n) is 11.5. The average Bonchev–Trinajstić information content (AvgIpc) is 2.90. The first kappa shape index (κ1) is 12.7. The summed E-state index contributed by atoms with van der Waals surface area (Å²) in [7, 11) is 0. The number of amidine groups is 1. The lowest BCUT2D eigenvalue weighted by Gasteiger charge is -2.16.